The molecule has 1 heterocycles. The molecule has 0 bridgehead atoms. The normalized spacial score (nSPS) is 18.8. The van der Waals surface area contributed by atoms with E-state index in [0.29, 0.717) is 24.7 Å². The maximum absolute atomic E-state index is 13.2. The first-order chi connectivity index (χ1) is 15.3. The van der Waals surface area contributed by atoms with E-state index in [1.54, 1.807) is 23.1 Å². The summed E-state index contributed by atoms with van der Waals surface area (Å²) in [6, 6.07) is 12.9. The molecule has 32 heavy (non-hydrogen) atoms. The third-order valence-electron chi connectivity index (χ3n) is 5.57. The van der Waals surface area contributed by atoms with Gasteiger partial charge in [0.1, 0.15) is 11.6 Å². The molecule has 6 nitrogen and oxygen atoms in total. The van der Waals surface area contributed by atoms with Crippen molar-refractivity contribution in [2.45, 2.75) is 38.9 Å². The Hall–Kier alpha value is -2.95. The van der Waals surface area contributed by atoms with Crippen LogP contribution >= 0.6 is 11.6 Å². The highest BCUT2D eigenvalue weighted by Gasteiger charge is 2.32. The van der Waals surface area contributed by atoms with E-state index in [9.17, 15) is 14.0 Å². The van der Waals surface area contributed by atoms with Gasteiger partial charge in [-0.3, -0.25) is 14.5 Å². The largest absolute Gasteiger partial charge is 0.483 e. The first-order valence-corrected chi connectivity index (χ1v) is 10.8. The summed E-state index contributed by atoms with van der Waals surface area (Å²) in [5.41, 5.74) is 1.21. The van der Waals surface area contributed by atoms with E-state index in [4.69, 9.17) is 21.6 Å². The number of nitriles is 1. The average molecular weight is 458 g/mol. The van der Waals surface area contributed by atoms with Gasteiger partial charge < -0.3 is 9.64 Å². The number of ether oxygens (including phenoxy) is 1. The number of carbonyl (C=O) groups is 2. The summed E-state index contributed by atoms with van der Waals surface area (Å²) in [5, 5.41) is 9.15. The van der Waals surface area contributed by atoms with Crippen molar-refractivity contribution in [3.8, 4) is 11.8 Å². The maximum Gasteiger partial charge on any atom is 0.260 e. The lowest BCUT2D eigenvalue weighted by Gasteiger charge is -2.44. The molecule has 1 fully saturated rings. The van der Waals surface area contributed by atoms with Gasteiger partial charge in [-0.05, 0) is 49.7 Å². The zero-order chi connectivity index (χ0) is 23.3. The molecule has 0 radical (unpaired) electrons. The SMILES string of the molecule is CC1CN(C(=O)COc2ccc(Cl)cc2C(=O)CC#N)C(C)CN1Cc1ccc(F)cc1. The molecule has 1 saturated heterocycles. The first kappa shape index (κ1) is 23.7. The van der Waals surface area contributed by atoms with Crippen molar-refractivity contribution in [3.05, 3.63) is 64.4 Å². The molecule has 1 amide bonds. The van der Waals surface area contributed by atoms with Crippen LogP contribution in [0.5, 0.6) is 5.75 Å². The summed E-state index contributed by atoms with van der Waals surface area (Å²) in [4.78, 5) is 29.1. The fourth-order valence-corrected chi connectivity index (χ4v) is 4.00. The van der Waals surface area contributed by atoms with Crippen LogP contribution in [0.25, 0.3) is 0 Å². The molecule has 2 aromatic rings. The van der Waals surface area contributed by atoms with Crippen molar-refractivity contribution in [1.82, 2.24) is 9.80 Å². The molecule has 2 aromatic carbocycles. The van der Waals surface area contributed by atoms with Crippen LogP contribution in [-0.4, -0.2) is 53.3 Å². The van der Waals surface area contributed by atoms with Gasteiger partial charge in [0.05, 0.1) is 18.1 Å². The smallest absolute Gasteiger partial charge is 0.260 e. The van der Waals surface area contributed by atoms with E-state index in [1.165, 1.54) is 24.3 Å². The van der Waals surface area contributed by atoms with Gasteiger partial charge in [-0.25, -0.2) is 4.39 Å². The van der Waals surface area contributed by atoms with Crippen LogP contribution < -0.4 is 4.74 Å². The predicted octanol–water partition coefficient (Wildman–Crippen LogP) is 4.08. The van der Waals surface area contributed by atoms with Crippen molar-refractivity contribution in [2.24, 2.45) is 0 Å². The standard InChI is InChI=1S/C24H25ClFN3O3/c1-16-13-29(17(2)12-28(16)14-18-3-6-20(26)7-4-18)24(31)15-32-23-8-5-19(25)11-21(23)22(30)9-10-27/h3-8,11,16-17H,9,12-15H2,1-2H3. The minimum atomic E-state index is -0.408. The lowest BCUT2D eigenvalue weighted by atomic mass is 10.1. The molecule has 0 aliphatic carbocycles. The van der Waals surface area contributed by atoms with Crippen molar-refractivity contribution < 1.29 is 18.7 Å². The molecule has 3 rings (SSSR count). The molecule has 168 valence electrons. The Bertz CT molecular complexity index is 1020. The number of hydrogen-bond donors (Lipinski definition) is 0. The molecule has 1 aliphatic heterocycles. The van der Waals surface area contributed by atoms with Crippen LogP contribution in [0.3, 0.4) is 0 Å². The Morgan fingerprint density at radius 3 is 2.56 bits per heavy atom. The second kappa shape index (κ2) is 10.6. The summed E-state index contributed by atoms with van der Waals surface area (Å²) >= 11 is 5.97. The van der Waals surface area contributed by atoms with Gasteiger partial charge in [0.25, 0.3) is 5.91 Å². The zero-order valence-corrected chi connectivity index (χ0v) is 18.8. The molecular formula is C24H25ClFN3O3. The fourth-order valence-electron chi connectivity index (χ4n) is 3.83. The van der Waals surface area contributed by atoms with Crippen LogP contribution in [0.4, 0.5) is 4.39 Å². The lowest BCUT2D eigenvalue weighted by Crippen LogP contribution is -2.58. The van der Waals surface area contributed by atoms with E-state index in [2.05, 4.69) is 4.90 Å². The highest BCUT2D eigenvalue weighted by Crippen LogP contribution is 2.25. The second-order valence-corrected chi connectivity index (χ2v) is 8.42. The number of Topliss-reactive ketones (excluding diaryl/α,β-unsaturated/α-hetero) is 1. The average Bonchev–Trinajstić information content (AvgIpc) is 2.76. The highest BCUT2D eigenvalue weighted by molar-refractivity contribution is 6.31. The van der Waals surface area contributed by atoms with Crippen molar-refractivity contribution in [2.75, 3.05) is 19.7 Å². The molecule has 2 unspecified atom stereocenters. The Labute approximate surface area is 192 Å². The van der Waals surface area contributed by atoms with Gasteiger partial charge >= 0.3 is 0 Å². The third kappa shape index (κ3) is 5.84. The third-order valence-corrected chi connectivity index (χ3v) is 5.80. The summed E-state index contributed by atoms with van der Waals surface area (Å²) in [5.74, 6) is -0.615. The summed E-state index contributed by atoms with van der Waals surface area (Å²) in [6.07, 6.45) is -0.296. The number of ketones is 1. The zero-order valence-electron chi connectivity index (χ0n) is 18.1. The molecule has 0 aromatic heterocycles. The number of hydrogen-bond acceptors (Lipinski definition) is 5. The quantitative estimate of drug-likeness (QED) is 0.586. The van der Waals surface area contributed by atoms with Crippen LogP contribution in [-0.2, 0) is 11.3 Å². The monoisotopic (exact) mass is 457 g/mol. The number of carbonyl (C=O) groups excluding carboxylic acids is 2. The molecular weight excluding hydrogens is 433 g/mol. The van der Waals surface area contributed by atoms with E-state index in [-0.39, 0.29) is 48.1 Å². The summed E-state index contributed by atoms with van der Waals surface area (Å²) in [7, 11) is 0. The maximum atomic E-state index is 13.2. The number of benzene rings is 2. The minimum Gasteiger partial charge on any atom is -0.483 e. The van der Waals surface area contributed by atoms with E-state index in [1.807, 2.05) is 19.9 Å². The van der Waals surface area contributed by atoms with Gasteiger partial charge in [-0.2, -0.15) is 5.26 Å². The van der Waals surface area contributed by atoms with Crippen LogP contribution in [0.15, 0.2) is 42.5 Å². The number of nitrogens with zero attached hydrogens (tertiary/aromatic N) is 3. The summed E-state index contributed by atoms with van der Waals surface area (Å²) < 4.78 is 18.8. The Balaban J connectivity index is 1.61. The number of piperazine rings is 1. The lowest BCUT2D eigenvalue weighted by molar-refractivity contribution is -0.139. The topological polar surface area (TPSA) is 73.6 Å². The van der Waals surface area contributed by atoms with Gasteiger partial charge in [-0.1, -0.05) is 23.7 Å². The number of halogens is 2. The van der Waals surface area contributed by atoms with Crippen molar-refractivity contribution in [3.63, 3.8) is 0 Å². The van der Waals surface area contributed by atoms with Crippen molar-refractivity contribution >= 4 is 23.3 Å². The van der Waals surface area contributed by atoms with Crippen LogP contribution in [0, 0.1) is 17.1 Å². The Morgan fingerprint density at radius 2 is 1.88 bits per heavy atom. The molecule has 2 atom stereocenters. The molecule has 8 heteroatoms. The van der Waals surface area contributed by atoms with Gasteiger partial charge in [-0.15, -0.1) is 0 Å². The first-order valence-electron chi connectivity index (χ1n) is 10.4. The van der Waals surface area contributed by atoms with E-state index in [0.717, 1.165) is 5.56 Å². The van der Waals surface area contributed by atoms with E-state index < -0.39 is 5.78 Å². The van der Waals surface area contributed by atoms with Crippen LogP contribution in [0.1, 0.15) is 36.2 Å². The molecule has 0 spiro atoms. The van der Waals surface area contributed by atoms with Gasteiger partial charge in [0.2, 0.25) is 0 Å². The second-order valence-electron chi connectivity index (χ2n) is 7.99. The number of rotatable bonds is 7. The minimum absolute atomic E-state index is 0.0346. The predicted molar refractivity (Wildman–Crippen MR) is 119 cm³/mol. The fraction of sp³-hybridized carbons (Fsp3) is 0.375. The van der Waals surface area contributed by atoms with E-state index >= 15 is 0 Å². The van der Waals surface area contributed by atoms with Crippen molar-refractivity contribution in [1.29, 1.82) is 5.26 Å². The highest BCUT2D eigenvalue weighted by atomic mass is 35.5. The van der Waals surface area contributed by atoms with Gasteiger partial charge in [0, 0.05) is 36.7 Å². The number of amides is 1. The molecule has 1 aliphatic rings. The molecule has 0 N–H and O–H groups in total. The Morgan fingerprint density at radius 1 is 1.16 bits per heavy atom. The molecule has 0 saturated carbocycles. The van der Waals surface area contributed by atoms with Gasteiger partial charge in [0.15, 0.2) is 12.4 Å². The Kier molecular flexibility index (Phi) is 7.84. The van der Waals surface area contributed by atoms with Crippen LogP contribution in [0.2, 0.25) is 5.02 Å². The summed E-state index contributed by atoms with van der Waals surface area (Å²) in [6.45, 7) is 5.70.